The third-order valence-corrected chi connectivity index (χ3v) is 7.69. The van der Waals surface area contributed by atoms with E-state index in [2.05, 4.69) is 18.7 Å². The van der Waals surface area contributed by atoms with Gasteiger partial charge < -0.3 is 26.0 Å². The maximum Gasteiger partial charge on any atom is 0.253 e. The number of amides is 2. The number of piperidine rings is 1. The Balaban J connectivity index is 1.68. The average Bonchev–Trinajstić information content (AvgIpc) is 3.05. The molecule has 0 spiro atoms. The van der Waals surface area contributed by atoms with Gasteiger partial charge in [0.2, 0.25) is 0 Å². The molecule has 8 nitrogen and oxygen atoms in total. The van der Waals surface area contributed by atoms with Crippen molar-refractivity contribution < 1.29 is 24.9 Å². The molecule has 0 saturated carbocycles. The van der Waals surface area contributed by atoms with Gasteiger partial charge in [0.05, 0.1) is 12.2 Å². The molecule has 1 aromatic carbocycles. The molecule has 3 rings (SSSR count). The highest BCUT2D eigenvalue weighted by Gasteiger charge is 2.42. The number of primary amides is 1. The molecule has 2 fully saturated rings. The van der Waals surface area contributed by atoms with Crippen molar-refractivity contribution >= 4 is 11.8 Å². The predicted molar refractivity (Wildman–Crippen MR) is 126 cm³/mol. The molecule has 33 heavy (non-hydrogen) atoms. The summed E-state index contributed by atoms with van der Waals surface area (Å²) in [5, 5.41) is 29.8. The quantitative estimate of drug-likeness (QED) is 0.398. The fraction of sp³-hybridized carbons (Fsp3) is 0.680. The van der Waals surface area contributed by atoms with Gasteiger partial charge in [-0.25, -0.2) is 0 Å². The van der Waals surface area contributed by atoms with E-state index < -0.39 is 24.5 Å². The van der Waals surface area contributed by atoms with Crippen LogP contribution < -0.4 is 5.73 Å². The second-order valence-electron chi connectivity index (χ2n) is 9.56. The van der Waals surface area contributed by atoms with Gasteiger partial charge in [-0.3, -0.25) is 14.5 Å². The van der Waals surface area contributed by atoms with E-state index in [9.17, 15) is 24.9 Å². The van der Waals surface area contributed by atoms with E-state index in [-0.39, 0.29) is 17.2 Å². The number of benzene rings is 1. The monoisotopic (exact) mass is 461 g/mol. The number of fused-ring (bicyclic) bond motifs is 2. The van der Waals surface area contributed by atoms with E-state index >= 15 is 0 Å². The van der Waals surface area contributed by atoms with Crippen LogP contribution in [0.25, 0.3) is 0 Å². The molecule has 0 unspecified atom stereocenters. The van der Waals surface area contributed by atoms with Gasteiger partial charge in [-0.15, -0.1) is 0 Å². The summed E-state index contributed by atoms with van der Waals surface area (Å²) >= 11 is 0. The maximum absolute atomic E-state index is 12.7. The van der Waals surface area contributed by atoms with Crippen LogP contribution in [0.15, 0.2) is 18.2 Å². The molecular weight excluding hydrogens is 422 g/mol. The number of carbonyl (C=O) groups is 2. The lowest BCUT2D eigenvalue weighted by Crippen LogP contribution is -2.50. The Morgan fingerprint density at radius 2 is 1.82 bits per heavy atom. The number of nitrogens with zero attached hydrogens (tertiary/aromatic N) is 2. The number of phenols is 1. The first-order valence-electron chi connectivity index (χ1n) is 12.3. The predicted octanol–water partition coefficient (Wildman–Crippen LogP) is 1.82. The Hall–Kier alpha value is -2.16. The Morgan fingerprint density at radius 1 is 1.18 bits per heavy atom. The molecule has 2 saturated heterocycles. The molecule has 1 aromatic rings. The van der Waals surface area contributed by atoms with Crippen molar-refractivity contribution in [1.29, 1.82) is 0 Å². The van der Waals surface area contributed by atoms with Crippen molar-refractivity contribution in [1.82, 2.24) is 9.80 Å². The Morgan fingerprint density at radius 3 is 2.36 bits per heavy atom. The van der Waals surface area contributed by atoms with Crippen molar-refractivity contribution in [3.63, 3.8) is 0 Å². The first-order valence-corrected chi connectivity index (χ1v) is 12.3. The number of carbonyl (C=O) groups excluding carboxylic acids is 2. The Kier molecular flexibility index (Phi) is 8.73. The topological polar surface area (TPSA) is 127 Å². The molecule has 4 atom stereocenters. The first-order chi connectivity index (χ1) is 15.8. The molecule has 0 radical (unpaired) electrons. The Bertz CT molecular complexity index is 814. The summed E-state index contributed by atoms with van der Waals surface area (Å²) in [5.41, 5.74) is 6.37. The van der Waals surface area contributed by atoms with Crippen LogP contribution in [0.5, 0.6) is 5.75 Å². The molecule has 0 aliphatic carbocycles. The van der Waals surface area contributed by atoms with Gasteiger partial charge in [-0.2, -0.15) is 0 Å². The highest BCUT2D eigenvalue weighted by molar-refractivity contribution is 5.96. The molecule has 2 heterocycles. The molecular formula is C25H39N3O5. The minimum atomic E-state index is -1.37. The lowest BCUT2D eigenvalue weighted by atomic mass is 9.83. The summed E-state index contributed by atoms with van der Waals surface area (Å²) in [7, 11) is 0. The highest BCUT2D eigenvalue weighted by Crippen LogP contribution is 2.45. The SMILES string of the molecule is CCC(CC)CN(CCN1[C@@H]2CC[C@H]1C[C@H](c1cccc(C(N)=O)c1O)C2)C(=O)[C@@H](O)CO. The number of hydrogen-bond acceptors (Lipinski definition) is 6. The molecule has 2 aliphatic heterocycles. The zero-order chi connectivity index (χ0) is 24.1. The van der Waals surface area contributed by atoms with E-state index in [1.54, 1.807) is 17.0 Å². The molecule has 8 heteroatoms. The van der Waals surface area contributed by atoms with Crippen LogP contribution >= 0.6 is 0 Å². The second-order valence-corrected chi connectivity index (χ2v) is 9.56. The van der Waals surface area contributed by atoms with Crippen LogP contribution in [0, 0.1) is 5.92 Å². The average molecular weight is 462 g/mol. The van der Waals surface area contributed by atoms with Gasteiger partial charge in [0.1, 0.15) is 5.75 Å². The van der Waals surface area contributed by atoms with Crippen molar-refractivity contribution in [2.75, 3.05) is 26.2 Å². The summed E-state index contributed by atoms with van der Waals surface area (Å²) in [6.45, 7) is 5.47. The van der Waals surface area contributed by atoms with Crippen LogP contribution in [-0.4, -0.2) is 81.4 Å². The van der Waals surface area contributed by atoms with Crippen molar-refractivity contribution in [3.8, 4) is 5.75 Å². The molecule has 5 N–H and O–H groups in total. The lowest BCUT2D eigenvalue weighted by Gasteiger charge is -2.40. The number of aliphatic hydroxyl groups is 2. The number of nitrogens with two attached hydrogens (primary N) is 1. The molecule has 2 amide bonds. The van der Waals surface area contributed by atoms with Crippen molar-refractivity contribution in [2.24, 2.45) is 11.7 Å². The summed E-state index contributed by atoms with van der Waals surface area (Å²) in [6.07, 6.45) is 4.44. The molecule has 2 aliphatic rings. The van der Waals surface area contributed by atoms with Crippen LogP contribution in [0.4, 0.5) is 0 Å². The zero-order valence-electron chi connectivity index (χ0n) is 19.8. The second kappa shape index (κ2) is 11.3. The number of aliphatic hydroxyl groups excluding tert-OH is 2. The van der Waals surface area contributed by atoms with E-state index in [0.29, 0.717) is 31.1 Å². The third-order valence-electron chi connectivity index (χ3n) is 7.69. The number of hydrogen-bond donors (Lipinski definition) is 4. The van der Waals surface area contributed by atoms with Crippen molar-refractivity contribution in [2.45, 2.75) is 76.5 Å². The van der Waals surface area contributed by atoms with Gasteiger partial charge in [0.25, 0.3) is 11.8 Å². The number of rotatable bonds is 11. The van der Waals surface area contributed by atoms with E-state index in [0.717, 1.165) is 50.6 Å². The minimum Gasteiger partial charge on any atom is -0.507 e. The Labute approximate surface area is 196 Å². The third kappa shape index (κ3) is 5.67. The molecule has 184 valence electrons. The van der Waals surface area contributed by atoms with Crippen molar-refractivity contribution in [3.05, 3.63) is 29.3 Å². The minimum absolute atomic E-state index is 0.00258. The van der Waals surface area contributed by atoms with Gasteiger partial charge in [-0.1, -0.05) is 38.8 Å². The lowest BCUT2D eigenvalue weighted by molar-refractivity contribution is -0.143. The maximum atomic E-state index is 12.7. The molecule has 0 aromatic heterocycles. The van der Waals surface area contributed by atoms with Crippen LogP contribution in [0.3, 0.4) is 0 Å². The zero-order valence-corrected chi connectivity index (χ0v) is 19.8. The highest BCUT2D eigenvalue weighted by atomic mass is 16.3. The molecule has 2 bridgehead atoms. The van der Waals surface area contributed by atoms with Gasteiger partial charge in [0.15, 0.2) is 6.10 Å². The van der Waals surface area contributed by atoms with E-state index in [4.69, 9.17) is 5.73 Å². The smallest absolute Gasteiger partial charge is 0.253 e. The summed E-state index contributed by atoms with van der Waals surface area (Å²) in [5.74, 6) is -0.496. The van der Waals surface area contributed by atoms with E-state index in [1.807, 2.05) is 6.07 Å². The number of aromatic hydroxyl groups is 1. The van der Waals surface area contributed by atoms with Gasteiger partial charge in [0, 0.05) is 31.7 Å². The van der Waals surface area contributed by atoms with Crippen LogP contribution in [0.1, 0.15) is 74.2 Å². The van der Waals surface area contributed by atoms with Gasteiger partial charge >= 0.3 is 0 Å². The van der Waals surface area contributed by atoms with Gasteiger partial charge in [-0.05, 0) is 49.1 Å². The summed E-state index contributed by atoms with van der Waals surface area (Å²) < 4.78 is 0. The van der Waals surface area contributed by atoms with Crippen LogP contribution in [0.2, 0.25) is 0 Å². The number of para-hydroxylation sites is 1. The van der Waals surface area contributed by atoms with E-state index in [1.165, 1.54) is 0 Å². The first kappa shape index (κ1) is 25.5. The fourth-order valence-electron chi connectivity index (χ4n) is 5.66. The summed E-state index contributed by atoms with van der Waals surface area (Å²) in [6, 6.07) is 5.90. The largest absolute Gasteiger partial charge is 0.507 e. The summed E-state index contributed by atoms with van der Waals surface area (Å²) in [4.78, 5) is 28.5. The normalized spacial score (nSPS) is 23.6. The fourth-order valence-corrected chi connectivity index (χ4v) is 5.66. The standard InChI is InChI=1S/C25H39N3O5/c1-3-16(4-2)14-27(25(33)22(30)15-29)10-11-28-18-8-9-19(28)13-17(12-18)20-6-5-7-21(23(20)31)24(26)32/h5-7,16-19,22,29-31H,3-4,8-15H2,1-2H3,(H2,26,32)/t17-,18-,19+,22-/m0/s1. The van der Waals surface area contributed by atoms with Crippen LogP contribution in [-0.2, 0) is 4.79 Å².